The zero-order chi connectivity index (χ0) is 14.9. The number of halogens is 1. The number of aromatic hydroxyl groups is 1. The van der Waals surface area contributed by atoms with Crippen molar-refractivity contribution in [2.24, 2.45) is 0 Å². The standard InChI is InChI=1S/C14H14FNO3S/c1-9-3-4-11(15)8-14(9)20(18,19)16-13-6-5-12(17)7-10(13)2/h3-8,16-17H,1-2H3. The number of phenols is 1. The van der Waals surface area contributed by atoms with Crippen molar-refractivity contribution in [2.45, 2.75) is 18.7 Å². The number of benzene rings is 2. The van der Waals surface area contributed by atoms with Gasteiger partial charge < -0.3 is 5.11 Å². The Kier molecular flexibility index (Phi) is 3.67. The van der Waals surface area contributed by atoms with Gasteiger partial charge in [0.05, 0.1) is 10.6 Å². The Morgan fingerprint density at radius 1 is 1.05 bits per heavy atom. The number of sulfonamides is 1. The van der Waals surface area contributed by atoms with E-state index in [2.05, 4.69) is 4.72 Å². The third-order valence-electron chi connectivity index (χ3n) is 2.89. The van der Waals surface area contributed by atoms with E-state index in [1.807, 2.05) is 0 Å². The van der Waals surface area contributed by atoms with Crippen LogP contribution >= 0.6 is 0 Å². The molecule has 2 aromatic rings. The minimum atomic E-state index is -3.87. The van der Waals surface area contributed by atoms with Crippen molar-refractivity contribution in [1.29, 1.82) is 0 Å². The molecule has 0 spiro atoms. The molecule has 20 heavy (non-hydrogen) atoms. The molecular weight excluding hydrogens is 281 g/mol. The van der Waals surface area contributed by atoms with Gasteiger partial charge in [0.15, 0.2) is 0 Å². The fraction of sp³-hybridized carbons (Fsp3) is 0.143. The normalized spacial score (nSPS) is 11.3. The van der Waals surface area contributed by atoms with Gasteiger partial charge in [0.1, 0.15) is 11.6 Å². The number of rotatable bonds is 3. The highest BCUT2D eigenvalue weighted by Gasteiger charge is 2.18. The molecule has 0 aromatic heterocycles. The van der Waals surface area contributed by atoms with Gasteiger partial charge in [-0.25, -0.2) is 12.8 Å². The number of hydrogen-bond acceptors (Lipinski definition) is 3. The molecule has 6 heteroatoms. The smallest absolute Gasteiger partial charge is 0.262 e. The van der Waals surface area contributed by atoms with Crippen molar-refractivity contribution >= 4 is 15.7 Å². The lowest BCUT2D eigenvalue weighted by Gasteiger charge is -2.12. The number of phenolic OH excluding ortho intramolecular Hbond substituents is 1. The molecular formula is C14H14FNO3S. The molecule has 0 heterocycles. The molecule has 0 atom stereocenters. The van der Waals surface area contributed by atoms with Crippen molar-refractivity contribution in [2.75, 3.05) is 4.72 Å². The molecule has 0 radical (unpaired) electrons. The molecule has 2 N–H and O–H groups in total. The highest BCUT2D eigenvalue weighted by atomic mass is 32.2. The van der Waals surface area contributed by atoms with Crippen LogP contribution in [0.2, 0.25) is 0 Å². The van der Waals surface area contributed by atoms with E-state index in [-0.39, 0.29) is 10.6 Å². The molecule has 2 rings (SSSR count). The molecule has 0 aliphatic rings. The first kappa shape index (κ1) is 14.3. The van der Waals surface area contributed by atoms with Gasteiger partial charge >= 0.3 is 0 Å². The number of aryl methyl sites for hydroxylation is 2. The Balaban J connectivity index is 2.43. The van der Waals surface area contributed by atoms with E-state index in [0.717, 1.165) is 6.07 Å². The number of nitrogens with one attached hydrogen (secondary N) is 1. The molecule has 0 unspecified atom stereocenters. The highest BCUT2D eigenvalue weighted by Crippen LogP contribution is 2.24. The topological polar surface area (TPSA) is 66.4 Å². The highest BCUT2D eigenvalue weighted by molar-refractivity contribution is 7.92. The Labute approximate surface area is 116 Å². The average molecular weight is 295 g/mol. The van der Waals surface area contributed by atoms with Crippen LogP contribution in [-0.4, -0.2) is 13.5 Å². The van der Waals surface area contributed by atoms with Gasteiger partial charge in [0, 0.05) is 0 Å². The largest absolute Gasteiger partial charge is 0.508 e. The molecule has 0 aliphatic carbocycles. The van der Waals surface area contributed by atoms with Crippen molar-refractivity contribution < 1.29 is 17.9 Å². The molecule has 0 saturated carbocycles. The van der Waals surface area contributed by atoms with Crippen LogP contribution in [0.4, 0.5) is 10.1 Å². The van der Waals surface area contributed by atoms with Crippen LogP contribution in [0.15, 0.2) is 41.3 Å². The van der Waals surface area contributed by atoms with Gasteiger partial charge in [0.2, 0.25) is 0 Å². The maximum Gasteiger partial charge on any atom is 0.262 e. The second-order valence-electron chi connectivity index (χ2n) is 4.51. The van der Waals surface area contributed by atoms with Crippen LogP contribution < -0.4 is 4.72 Å². The second kappa shape index (κ2) is 5.13. The maximum atomic E-state index is 13.2. The summed E-state index contributed by atoms with van der Waals surface area (Å²) >= 11 is 0. The Morgan fingerprint density at radius 3 is 2.40 bits per heavy atom. The average Bonchev–Trinajstić information content (AvgIpc) is 2.35. The van der Waals surface area contributed by atoms with Crippen LogP contribution in [0.1, 0.15) is 11.1 Å². The first-order chi connectivity index (χ1) is 9.29. The van der Waals surface area contributed by atoms with Gasteiger partial charge in [0.25, 0.3) is 10.0 Å². The Bertz CT molecular complexity index is 757. The van der Waals surface area contributed by atoms with E-state index in [9.17, 15) is 17.9 Å². The third-order valence-corrected chi connectivity index (χ3v) is 4.40. The third kappa shape index (κ3) is 2.91. The summed E-state index contributed by atoms with van der Waals surface area (Å²) in [6, 6.07) is 7.87. The summed E-state index contributed by atoms with van der Waals surface area (Å²) in [6.07, 6.45) is 0. The summed E-state index contributed by atoms with van der Waals surface area (Å²) in [4.78, 5) is -0.107. The minimum absolute atomic E-state index is 0.0485. The first-order valence-corrected chi connectivity index (χ1v) is 7.36. The van der Waals surface area contributed by atoms with Crippen molar-refractivity contribution in [3.8, 4) is 5.75 Å². The Morgan fingerprint density at radius 2 is 1.75 bits per heavy atom. The van der Waals surface area contributed by atoms with Crippen molar-refractivity contribution in [3.05, 3.63) is 53.3 Å². The quantitative estimate of drug-likeness (QED) is 0.856. The van der Waals surface area contributed by atoms with Crippen LogP contribution in [0.3, 0.4) is 0 Å². The van der Waals surface area contributed by atoms with Gasteiger partial charge in [-0.05, 0) is 55.3 Å². The van der Waals surface area contributed by atoms with Gasteiger partial charge in [-0.1, -0.05) is 6.07 Å². The fourth-order valence-electron chi connectivity index (χ4n) is 1.83. The van der Waals surface area contributed by atoms with E-state index in [0.29, 0.717) is 16.8 Å². The SMILES string of the molecule is Cc1cc(O)ccc1NS(=O)(=O)c1cc(F)ccc1C. The monoisotopic (exact) mass is 295 g/mol. The summed E-state index contributed by atoms with van der Waals surface area (Å²) in [7, 11) is -3.87. The zero-order valence-corrected chi connectivity index (χ0v) is 11.8. The van der Waals surface area contributed by atoms with Crippen LogP contribution in [0, 0.1) is 19.7 Å². The molecule has 2 aromatic carbocycles. The summed E-state index contributed by atoms with van der Waals surface area (Å²) < 4.78 is 40.2. The molecule has 0 amide bonds. The zero-order valence-electron chi connectivity index (χ0n) is 11.0. The molecule has 0 fully saturated rings. The predicted octanol–water partition coefficient (Wildman–Crippen LogP) is 2.95. The van der Waals surface area contributed by atoms with E-state index in [4.69, 9.17) is 0 Å². The van der Waals surface area contributed by atoms with E-state index >= 15 is 0 Å². The number of hydrogen-bond donors (Lipinski definition) is 2. The van der Waals surface area contributed by atoms with Gasteiger partial charge in [-0.2, -0.15) is 0 Å². The molecule has 0 aliphatic heterocycles. The van der Waals surface area contributed by atoms with E-state index in [1.165, 1.54) is 30.3 Å². The second-order valence-corrected chi connectivity index (χ2v) is 6.17. The molecule has 4 nitrogen and oxygen atoms in total. The summed E-state index contributed by atoms with van der Waals surface area (Å²) in [5.74, 6) is -0.564. The summed E-state index contributed by atoms with van der Waals surface area (Å²) in [6.45, 7) is 3.26. The van der Waals surface area contributed by atoms with Gasteiger partial charge in [-0.3, -0.25) is 4.72 Å². The van der Waals surface area contributed by atoms with Crippen LogP contribution in [0.5, 0.6) is 5.75 Å². The van der Waals surface area contributed by atoms with Crippen LogP contribution in [0.25, 0.3) is 0 Å². The van der Waals surface area contributed by atoms with E-state index in [1.54, 1.807) is 13.8 Å². The number of anilines is 1. The summed E-state index contributed by atoms with van der Waals surface area (Å²) in [5.41, 5.74) is 1.37. The minimum Gasteiger partial charge on any atom is -0.508 e. The Hall–Kier alpha value is -2.08. The molecule has 0 saturated heterocycles. The van der Waals surface area contributed by atoms with Crippen molar-refractivity contribution in [1.82, 2.24) is 0 Å². The molecule has 0 bridgehead atoms. The maximum absolute atomic E-state index is 13.2. The predicted molar refractivity (Wildman–Crippen MR) is 74.8 cm³/mol. The lowest BCUT2D eigenvalue weighted by atomic mass is 10.2. The van der Waals surface area contributed by atoms with Crippen LogP contribution in [-0.2, 0) is 10.0 Å². The summed E-state index contributed by atoms with van der Waals surface area (Å²) in [5, 5.41) is 9.31. The fourth-order valence-corrected chi connectivity index (χ4v) is 3.21. The lowest BCUT2D eigenvalue weighted by molar-refractivity contribution is 0.475. The van der Waals surface area contributed by atoms with Crippen molar-refractivity contribution in [3.63, 3.8) is 0 Å². The first-order valence-electron chi connectivity index (χ1n) is 5.88. The molecule has 106 valence electrons. The van der Waals surface area contributed by atoms with E-state index < -0.39 is 15.8 Å². The lowest BCUT2D eigenvalue weighted by Crippen LogP contribution is -2.15. The van der Waals surface area contributed by atoms with Gasteiger partial charge in [-0.15, -0.1) is 0 Å².